The van der Waals surface area contributed by atoms with Gasteiger partial charge in [-0.25, -0.2) is 4.98 Å². The molecule has 1 aromatic heterocycles. The molecule has 5 aromatic rings. The van der Waals surface area contributed by atoms with Crippen molar-refractivity contribution in [3.05, 3.63) is 115 Å². The molecule has 0 amide bonds. The quantitative estimate of drug-likeness (QED) is 0.312. The van der Waals surface area contributed by atoms with Crippen LogP contribution in [0.4, 0.5) is 0 Å². The first-order valence-electron chi connectivity index (χ1n) is 9.66. The summed E-state index contributed by atoms with van der Waals surface area (Å²) in [4.78, 5) is 6.28. The molecule has 138 valence electrons. The summed E-state index contributed by atoms with van der Waals surface area (Å²) in [5, 5.41) is 2.20. The lowest BCUT2D eigenvalue weighted by Gasteiger charge is -2.18. The number of pyridine rings is 1. The zero-order chi connectivity index (χ0) is 19.5. The van der Waals surface area contributed by atoms with Crippen LogP contribution in [0.25, 0.3) is 33.2 Å². The van der Waals surface area contributed by atoms with Crippen LogP contribution in [0, 0.1) is 0 Å². The van der Waals surface area contributed by atoms with Crippen molar-refractivity contribution in [3.8, 4) is 22.3 Å². The maximum atomic E-state index is 5.10. The first kappa shape index (κ1) is 17.7. The van der Waals surface area contributed by atoms with Crippen LogP contribution < -0.4 is 0 Å². The first-order chi connectivity index (χ1) is 14.4. The fraction of sp³-hybridized carbons (Fsp3) is 0. The molecule has 0 aliphatic heterocycles. The molecule has 0 fully saturated rings. The first-order valence-corrected chi connectivity index (χ1v) is 10.5. The van der Waals surface area contributed by atoms with E-state index in [2.05, 4.69) is 109 Å². The van der Waals surface area contributed by atoms with E-state index in [1.54, 1.807) is 11.8 Å². The van der Waals surface area contributed by atoms with E-state index in [4.69, 9.17) is 4.98 Å². The number of hydrogen-bond acceptors (Lipinski definition) is 2. The van der Waals surface area contributed by atoms with Gasteiger partial charge in [0.05, 0.1) is 5.52 Å². The van der Waals surface area contributed by atoms with E-state index < -0.39 is 0 Å². The highest BCUT2D eigenvalue weighted by Crippen LogP contribution is 2.44. The Morgan fingerprint density at radius 1 is 0.483 bits per heavy atom. The smallest absolute Gasteiger partial charge is 0.110 e. The Kier molecular flexibility index (Phi) is 4.85. The molecule has 0 radical (unpaired) electrons. The Balaban J connectivity index is 1.86. The Labute approximate surface area is 175 Å². The second kappa shape index (κ2) is 7.94. The van der Waals surface area contributed by atoms with E-state index in [0.717, 1.165) is 10.5 Å². The third-order valence-corrected chi connectivity index (χ3v) is 5.94. The lowest BCUT2D eigenvalue weighted by Crippen LogP contribution is -1.95. The van der Waals surface area contributed by atoms with Gasteiger partial charge in [-0.05, 0) is 29.3 Å². The van der Waals surface area contributed by atoms with Gasteiger partial charge in [0.15, 0.2) is 0 Å². The molecule has 0 spiro atoms. The van der Waals surface area contributed by atoms with Crippen LogP contribution >= 0.6 is 11.8 Å². The van der Waals surface area contributed by atoms with Gasteiger partial charge in [-0.3, -0.25) is 0 Å². The van der Waals surface area contributed by atoms with Gasteiger partial charge >= 0.3 is 0 Å². The molecule has 0 N–H and O–H groups in total. The van der Waals surface area contributed by atoms with Crippen LogP contribution in [0.3, 0.4) is 0 Å². The van der Waals surface area contributed by atoms with Gasteiger partial charge in [0.1, 0.15) is 5.03 Å². The van der Waals surface area contributed by atoms with Gasteiger partial charge in [0.25, 0.3) is 0 Å². The van der Waals surface area contributed by atoms with Crippen LogP contribution in [0.2, 0.25) is 0 Å². The van der Waals surface area contributed by atoms with E-state index >= 15 is 0 Å². The number of nitrogens with zero attached hydrogens (tertiary/aromatic N) is 1. The van der Waals surface area contributed by atoms with E-state index in [0.29, 0.717) is 0 Å². The van der Waals surface area contributed by atoms with Crippen molar-refractivity contribution in [3.63, 3.8) is 0 Å². The molecule has 4 aromatic carbocycles. The summed E-state index contributed by atoms with van der Waals surface area (Å²) in [7, 11) is 0. The monoisotopic (exact) mass is 389 g/mol. The minimum absolute atomic E-state index is 1.02. The lowest BCUT2D eigenvalue weighted by molar-refractivity contribution is 1.19. The van der Waals surface area contributed by atoms with Gasteiger partial charge in [-0.15, -0.1) is 0 Å². The Bertz CT molecular complexity index is 1250. The van der Waals surface area contributed by atoms with Gasteiger partial charge in [0, 0.05) is 21.4 Å². The average Bonchev–Trinajstić information content (AvgIpc) is 2.80. The second-order valence-electron chi connectivity index (χ2n) is 6.83. The molecular formula is C27H19NS. The predicted octanol–water partition coefficient (Wildman–Crippen LogP) is 7.72. The van der Waals surface area contributed by atoms with Crippen molar-refractivity contribution in [2.75, 3.05) is 0 Å². The third kappa shape index (κ3) is 3.55. The molecule has 2 heteroatoms. The number of hydrogen-bond donors (Lipinski definition) is 0. The van der Waals surface area contributed by atoms with Crippen LogP contribution in [-0.4, -0.2) is 4.98 Å². The van der Waals surface area contributed by atoms with Crippen LogP contribution in [0.5, 0.6) is 0 Å². The van der Waals surface area contributed by atoms with E-state index in [1.807, 2.05) is 6.07 Å². The summed E-state index contributed by atoms with van der Waals surface area (Å²) in [6, 6.07) is 40.1. The summed E-state index contributed by atoms with van der Waals surface area (Å²) >= 11 is 1.72. The van der Waals surface area contributed by atoms with Crippen molar-refractivity contribution in [2.24, 2.45) is 0 Å². The minimum atomic E-state index is 1.02. The fourth-order valence-corrected chi connectivity index (χ4v) is 4.62. The van der Waals surface area contributed by atoms with Crippen LogP contribution in [0.1, 0.15) is 0 Å². The molecule has 5 rings (SSSR count). The van der Waals surface area contributed by atoms with E-state index in [9.17, 15) is 0 Å². The molecule has 29 heavy (non-hydrogen) atoms. The number of aromatic nitrogens is 1. The highest BCUT2D eigenvalue weighted by Gasteiger charge is 2.18. The van der Waals surface area contributed by atoms with Crippen molar-refractivity contribution < 1.29 is 0 Å². The van der Waals surface area contributed by atoms with E-state index in [-0.39, 0.29) is 0 Å². The molecule has 1 nitrogen and oxygen atoms in total. The summed E-state index contributed by atoms with van der Waals surface area (Å²) in [5.74, 6) is 0. The molecule has 0 aliphatic rings. The average molecular weight is 390 g/mol. The highest BCUT2D eigenvalue weighted by molar-refractivity contribution is 7.99. The number of fused-ring (bicyclic) bond motifs is 1. The summed E-state index contributed by atoms with van der Waals surface area (Å²) in [6.07, 6.45) is 0. The summed E-state index contributed by atoms with van der Waals surface area (Å²) < 4.78 is 0. The van der Waals surface area contributed by atoms with Crippen molar-refractivity contribution in [2.45, 2.75) is 9.92 Å². The largest absolute Gasteiger partial charge is 0.240 e. The van der Waals surface area contributed by atoms with Gasteiger partial charge in [-0.1, -0.05) is 109 Å². The molecular weight excluding hydrogens is 370 g/mol. The standard InChI is InChI=1S/C27H19NS/c1-4-12-20(13-5-1)25-23-18-10-11-19-24(23)28-27(29-22-16-8-3-9-17-22)26(25)21-14-6-2-7-15-21/h1-19H. The Hall–Kier alpha value is -3.36. The van der Waals surface area contributed by atoms with Gasteiger partial charge < -0.3 is 0 Å². The Morgan fingerprint density at radius 2 is 1.00 bits per heavy atom. The zero-order valence-electron chi connectivity index (χ0n) is 15.8. The lowest BCUT2D eigenvalue weighted by atomic mass is 9.92. The third-order valence-electron chi connectivity index (χ3n) is 4.94. The number of para-hydroxylation sites is 1. The van der Waals surface area contributed by atoms with Gasteiger partial charge in [0.2, 0.25) is 0 Å². The molecule has 0 bridgehead atoms. The van der Waals surface area contributed by atoms with Crippen molar-refractivity contribution >= 4 is 22.7 Å². The highest BCUT2D eigenvalue weighted by atomic mass is 32.2. The van der Waals surface area contributed by atoms with Crippen LogP contribution in [-0.2, 0) is 0 Å². The minimum Gasteiger partial charge on any atom is -0.240 e. The fourth-order valence-electron chi connectivity index (χ4n) is 3.64. The van der Waals surface area contributed by atoms with Crippen LogP contribution in [0.15, 0.2) is 125 Å². The molecule has 0 unspecified atom stereocenters. The summed E-state index contributed by atoms with van der Waals surface area (Å²) in [5.41, 5.74) is 5.83. The second-order valence-corrected chi connectivity index (χ2v) is 7.89. The molecule has 0 saturated carbocycles. The molecule has 0 aliphatic carbocycles. The summed E-state index contributed by atoms with van der Waals surface area (Å²) in [6.45, 7) is 0. The molecule has 1 heterocycles. The normalized spacial score (nSPS) is 10.9. The Morgan fingerprint density at radius 3 is 1.66 bits per heavy atom. The van der Waals surface area contributed by atoms with Gasteiger partial charge in [-0.2, -0.15) is 0 Å². The molecule has 0 saturated heterocycles. The zero-order valence-corrected chi connectivity index (χ0v) is 16.6. The maximum absolute atomic E-state index is 5.10. The predicted molar refractivity (Wildman–Crippen MR) is 123 cm³/mol. The molecule has 0 atom stereocenters. The maximum Gasteiger partial charge on any atom is 0.110 e. The van der Waals surface area contributed by atoms with Crippen molar-refractivity contribution in [1.82, 2.24) is 4.98 Å². The topological polar surface area (TPSA) is 12.9 Å². The SMILES string of the molecule is c1ccc(Sc2nc3ccccc3c(-c3ccccc3)c2-c2ccccc2)cc1. The number of rotatable bonds is 4. The van der Waals surface area contributed by atoms with E-state index in [1.165, 1.54) is 32.5 Å². The van der Waals surface area contributed by atoms with Crippen molar-refractivity contribution in [1.29, 1.82) is 0 Å². The number of benzene rings is 4.